The molecule has 3 fully saturated rings. The quantitative estimate of drug-likeness (QED) is 0.417. The number of nitrogens with one attached hydrogen (secondary N) is 1. The van der Waals surface area contributed by atoms with Gasteiger partial charge in [0.05, 0.1) is 30.5 Å². The van der Waals surface area contributed by atoms with Crippen LogP contribution in [0.25, 0.3) is 33.5 Å². The molecule has 1 amide bonds. The Bertz CT molecular complexity index is 1480. The number of nitrogens with zero attached hydrogens (tertiary/aromatic N) is 5. The molecule has 8 nitrogen and oxygen atoms in total. The van der Waals surface area contributed by atoms with Gasteiger partial charge in [0.2, 0.25) is 0 Å². The second-order valence-electron chi connectivity index (χ2n) is 11.5. The number of carbonyl (C=O) groups is 1. The number of likely N-dealkylation sites (N-methyl/N-ethyl adjacent to an activating group) is 1. The average molecular weight is 523 g/mol. The molecule has 8 heteroatoms. The number of aromatic amines is 1. The van der Waals surface area contributed by atoms with Crippen molar-refractivity contribution in [3.8, 4) is 22.4 Å². The van der Waals surface area contributed by atoms with Crippen molar-refractivity contribution in [1.82, 2.24) is 29.7 Å². The normalized spacial score (nSPS) is 19.3. The number of aromatic nitrogens is 3. The van der Waals surface area contributed by atoms with Crippen molar-refractivity contribution >= 4 is 17.1 Å². The molecule has 0 aliphatic carbocycles. The standard InChI is InChI=1S/C31H34N6O2/c1-35-12-14-36(15-13-35)11-10-22-2-4-24(5-3-22)27-17-33-29-28(34-27)26(16-32-29)23-6-8-25(9-7-23)30(38)37-18-31(19-37)20-39-21-31/h2-9,16-17H,10-15,18-21H2,1H3,(H,32,33). The molecule has 4 aromatic rings. The Balaban J connectivity index is 1.04. The highest BCUT2D eigenvalue weighted by Gasteiger charge is 2.50. The molecule has 5 heterocycles. The Kier molecular flexibility index (Phi) is 6.18. The number of rotatable bonds is 6. The maximum atomic E-state index is 12.9. The van der Waals surface area contributed by atoms with Crippen LogP contribution in [-0.2, 0) is 11.2 Å². The van der Waals surface area contributed by atoms with Crippen LogP contribution < -0.4 is 0 Å². The summed E-state index contributed by atoms with van der Waals surface area (Å²) in [5.41, 5.74) is 7.78. The zero-order valence-corrected chi connectivity index (χ0v) is 22.4. The zero-order valence-electron chi connectivity index (χ0n) is 22.4. The minimum absolute atomic E-state index is 0.0899. The van der Waals surface area contributed by atoms with Crippen LogP contribution in [0.5, 0.6) is 0 Å². The fourth-order valence-corrected chi connectivity index (χ4v) is 5.91. The Morgan fingerprint density at radius 2 is 1.69 bits per heavy atom. The van der Waals surface area contributed by atoms with Gasteiger partial charge in [0, 0.05) is 68.7 Å². The summed E-state index contributed by atoms with van der Waals surface area (Å²) < 4.78 is 5.33. The van der Waals surface area contributed by atoms with E-state index >= 15 is 0 Å². The molecule has 1 spiro atoms. The molecular formula is C31H34N6O2. The fourth-order valence-electron chi connectivity index (χ4n) is 5.91. The van der Waals surface area contributed by atoms with Gasteiger partial charge in [0.25, 0.3) is 5.91 Å². The Labute approximate surface area is 228 Å². The third-order valence-electron chi connectivity index (χ3n) is 8.54. The number of carbonyl (C=O) groups excluding carboxylic acids is 1. The molecule has 0 unspecified atom stereocenters. The molecular weight excluding hydrogens is 488 g/mol. The largest absolute Gasteiger partial charge is 0.380 e. The van der Waals surface area contributed by atoms with Crippen LogP contribution in [0.3, 0.4) is 0 Å². The molecule has 0 bridgehead atoms. The number of benzene rings is 2. The summed E-state index contributed by atoms with van der Waals surface area (Å²) in [7, 11) is 2.19. The first-order valence-electron chi connectivity index (χ1n) is 13.9. The third-order valence-corrected chi connectivity index (χ3v) is 8.54. The van der Waals surface area contributed by atoms with E-state index in [0.717, 1.165) is 99.0 Å². The van der Waals surface area contributed by atoms with Crippen molar-refractivity contribution in [2.24, 2.45) is 5.41 Å². The number of piperazine rings is 1. The SMILES string of the molecule is CN1CCN(CCc2ccc(-c3cnc4[nH]cc(-c5ccc(C(=O)N6CC7(COC7)C6)cc5)c4n3)cc2)CC1. The van der Waals surface area contributed by atoms with E-state index in [1.165, 1.54) is 5.56 Å². The van der Waals surface area contributed by atoms with E-state index in [9.17, 15) is 4.79 Å². The number of ether oxygens (including phenoxy) is 1. The third kappa shape index (κ3) is 4.73. The first-order valence-corrected chi connectivity index (χ1v) is 13.9. The number of hydrogen-bond donors (Lipinski definition) is 1. The van der Waals surface area contributed by atoms with Gasteiger partial charge in [0.1, 0.15) is 5.52 Å². The molecule has 7 rings (SSSR count). The number of fused-ring (bicyclic) bond motifs is 1. The molecule has 3 aliphatic rings. The van der Waals surface area contributed by atoms with Crippen LogP contribution in [0.1, 0.15) is 15.9 Å². The van der Waals surface area contributed by atoms with E-state index in [1.807, 2.05) is 41.6 Å². The lowest BCUT2D eigenvalue weighted by molar-refractivity contribution is -0.176. The molecule has 0 radical (unpaired) electrons. The van der Waals surface area contributed by atoms with E-state index in [0.29, 0.717) is 5.56 Å². The Morgan fingerprint density at radius 1 is 0.974 bits per heavy atom. The summed E-state index contributed by atoms with van der Waals surface area (Å²) in [5, 5.41) is 0. The van der Waals surface area contributed by atoms with Crippen LogP contribution in [0.15, 0.2) is 60.9 Å². The van der Waals surface area contributed by atoms with Gasteiger partial charge in [-0.2, -0.15) is 0 Å². The van der Waals surface area contributed by atoms with E-state index < -0.39 is 0 Å². The summed E-state index contributed by atoms with van der Waals surface area (Å²) in [4.78, 5) is 32.6. The molecule has 0 saturated carbocycles. The lowest BCUT2D eigenvalue weighted by Crippen LogP contribution is -2.67. The molecule has 39 heavy (non-hydrogen) atoms. The lowest BCUT2D eigenvalue weighted by Gasteiger charge is -2.54. The average Bonchev–Trinajstić information content (AvgIpc) is 3.35. The number of H-pyrrole nitrogens is 1. The molecule has 3 saturated heterocycles. The van der Waals surface area contributed by atoms with Gasteiger partial charge < -0.3 is 24.4 Å². The highest BCUT2D eigenvalue weighted by molar-refractivity contribution is 5.96. The first kappa shape index (κ1) is 24.5. The first-order chi connectivity index (χ1) is 19.1. The van der Waals surface area contributed by atoms with E-state index in [1.54, 1.807) is 0 Å². The molecule has 2 aromatic carbocycles. The maximum Gasteiger partial charge on any atom is 0.253 e. The van der Waals surface area contributed by atoms with Crippen LogP contribution in [0, 0.1) is 5.41 Å². The molecule has 0 atom stereocenters. The summed E-state index contributed by atoms with van der Waals surface area (Å²) in [6.07, 6.45) is 4.83. The topological polar surface area (TPSA) is 77.6 Å². The summed E-state index contributed by atoms with van der Waals surface area (Å²) >= 11 is 0. The van der Waals surface area contributed by atoms with Crippen LogP contribution in [0.4, 0.5) is 0 Å². The predicted octanol–water partition coefficient (Wildman–Crippen LogP) is 3.55. The van der Waals surface area contributed by atoms with E-state index in [2.05, 4.69) is 51.1 Å². The van der Waals surface area contributed by atoms with Gasteiger partial charge in [-0.25, -0.2) is 9.97 Å². The van der Waals surface area contributed by atoms with Gasteiger partial charge in [0.15, 0.2) is 5.65 Å². The van der Waals surface area contributed by atoms with E-state index in [4.69, 9.17) is 9.72 Å². The van der Waals surface area contributed by atoms with Crippen LogP contribution in [0.2, 0.25) is 0 Å². The second kappa shape index (κ2) is 9.86. The molecule has 1 N–H and O–H groups in total. The van der Waals surface area contributed by atoms with Crippen molar-refractivity contribution in [1.29, 1.82) is 0 Å². The van der Waals surface area contributed by atoms with Gasteiger partial charge in [-0.05, 0) is 36.7 Å². The summed E-state index contributed by atoms with van der Waals surface area (Å²) in [6.45, 7) is 8.85. The maximum absolute atomic E-state index is 12.9. The van der Waals surface area contributed by atoms with Crippen molar-refractivity contribution in [2.75, 3.05) is 66.1 Å². The van der Waals surface area contributed by atoms with Crippen molar-refractivity contribution in [2.45, 2.75) is 6.42 Å². The van der Waals surface area contributed by atoms with Gasteiger partial charge in [-0.1, -0.05) is 36.4 Å². The van der Waals surface area contributed by atoms with Crippen molar-refractivity contribution in [3.05, 3.63) is 72.1 Å². The van der Waals surface area contributed by atoms with Crippen LogP contribution in [-0.4, -0.2) is 102 Å². The summed E-state index contributed by atoms with van der Waals surface area (Å²) in [6, 6.07) is 16.6. The predicted molar refractivity (Wildman–Crippen MR) is 152 cm³/mol. The number of likely N-dealkylation sites (tertiary alicyclic amines) is 1. The van der Waals surface area contributed by atoms with Gasteiger partial charge in [-0.3, -0.25) is 4.79 Å². The monoisotopic (exact) mass is 522 g/mol. The number of hydrogen-bond acceptors (Lipinski definition) is 6. The van der Waals surface area contributed by atoms with E-state index in [-0.39, 0.29) is 11.3 Å². The van der Waals surface area contributed by atoms with Crippen molar-refractivity contribution in [3.63, 3.8) is 0 Å². The minimum atomic E-state index is 0.0899. The molecule has 3 aliphatic heterocycles. The van der Waals surface area contributed by atoms with Gasteiger partial charge >= 0.3 is 0 Å². The fraction of sp³-hybridized carbons (Fsp3) is 0.387. The second-order valence-corrected chi connectivity index (χ2v) is 11.5. The summed E-state index contributed by atoms with van der Waals surface area (Å²) in [5.74, 6) is 0.0899. The van der Waals surface area contributed by atoms with Crippen LogP contribution >= 0.6 is 0 Å². The molecule has 2 aromatic heterocycles. The Morgan fingerprint density at radius 3 is 2.38 bits per heavy atom. The zero-order chi connectivity index (χ0) is 26.4. The highest BCUT2D eigenvalue weighted by atomic mass is 16.5. The molecule has 200 valence electrons. The minimum Gasteiger partial charge on any atom is -0.380 e. The number of amides is 1. The van der Waals surface area contributed by atoms with Crippen molar-refractivity contribution < 1.29 is 9.53 Å². The lowest BCUT2D eigenvalue weighted by atomic mass is 9.78. The smallest absolute Gasteiger partial charge is 0.253 e. The highest BCUT2D eigenvalue weighted by Crippen LogP contribution is 2.38. The Hall–Kier alpha value is -3.59. The van der Waals surface area contributed by atoms with Gasteiger partial charge in [-0.15, -0.1) is 0 Å².